The Morgan fingerprint density at radius 3 is 2.50 bits per heavy atom. The molecular formula is C28H29BrFN5O3. The number of benzene rings is 2. The number of halogens is 2. The first-order valence-corrected chi connectivity index (χ1v) is 13.3. The van der Waals surface area contributed by atoms with Crippen LogP contribution in [0.5, 0.6) is 0 Å². The highest BCUT2D eigenvalue weighted by atomic mass is 79.9. The molecule has 2 heterocycles. The molecule has 1 aliphatic rings. The predicted octanol–water partition coefficient (Wildman–Crippen LogP) is 4.33. The smallest absolute Gasteiger partial charge is 0.337 e. The molecule has 198 valence electrons. The normalized spacial score (nSPS) is 13.4. The zero-order chi connectivity index (χ0) is 27.1. The van der Waals surface area contributed by atoms with Crippen molar-refractivity contribution in [3.63, 3.8) is 0 Å². The van der Waals surface area contributed by atoms with Crippen LogP contribution >= 0.6 is 15.9 Å². The van der Waals surface area contributed by atoms with E-state index >= 15 is 0 Å². The average Bonchev–Trinajstić information content (AvgIpc) is 3.69. The molecule has 1 saturated carbocycles. The van der Waals surface area contributed by atoms with E-state index < -0.39 is 22.6 Å². The average molecular weight is 582 g/mol. The van der Waals surface area contributed by atoms with Crippen LogP contribution in [0.1, 0.15) is 30.9 Å². The van der Waals surface area contributed by atoms with Crippen molar-refractivity contribution in [2.45, 2.75) is 31.7 Å². The molecule has 0 aliphatic heterocycles. The van der Waals surface area contributed by atoms with Crippen molar-refractivity contribution in [2.24, 2.45) is 7.05 Å². The summed E-state index contributed by atoms with van der Waals surface area (Å²) in [7, 11) is 5.58. The van der Waals surface area contributed by atoms with Crippen LogP contribution in [0.3, 0.4) is 0 Å². The third-order valence-electron chi connectivity index (χ3n) is 6.80. The Balaban J connectivity index is 1.77. The maximum absolute atomic E-state index is 14.7. The largest absolute Gasteiger partial charge is 0.352 e. The number of pyridine rings is 1. The molecular weight excluding hydrogens is 553 g/mol. The summed E-state index contributed by atoms with van der Waals surface area (Å²) in [5, 5.41) is 3.10. The van der Waals surface area contributed by atoms with E-state index in [0.717, 1.165) is 37.8 Å². The lowest BCUT2D eigenvalue weighted by Gasteiger charge is -2.19. The number of hydrogen-bond acceptors (Lipinski definition) is 5. The molecule has 0 radical (unpaired) electrons. The van der Waals surface area contributed by atoms with Crippen molar-refractivity contribution in [2.75, 3.05) is 26.0 Å². The van der Waals surface area contributed by atoms with Gasteiger partial charge in [0.2, 0.25) is 0 Å². The molecule has 2 aromatic heterocycles. The van der Waals surface area contributed by atoms with Crippen molar-refractivity contribution in [1.82, 2.24) is 18.6 Å². The van der Waals surface area contributed by atoms with E-state index in [1.165, 1.54) is 38.9 Å². The van der Waals surface area contributed by atoms with Gasteiger partial charge in [0.25, 0.3) is 11.1 Å². The molecule has 38 heavy (non-hydrogen) atoms. The van der Waals surface area contributed by atoms with Crippen LogP contribution in [0.4, 0.5) is 15.8 Å². The molecule has 0 amide bonds. The summed E-state index contributed by atoms with van der Waals surface area (Å²) in [5.74, 6) is -0.547. The number of hydrogen-bond donors (Lipinski definition) is 1. The fourth-order valence-corrected chi connectivity index (χ4v) is 5.07. The van der Waals surface area contributed by atoms with Crippen LogP contribution in [-0.2, 0) is 13.5 Å². The SMILES string of the molecule is CN(C)CCCc1cccc(-n2c(=O)n(C3CC3)c(=O)c3c(Nc4ccc(Br)cc4F)cc(=O)n(C)c32)c1. The first-order chi connectivity index (χ1) is 18.2. The molecule has 0 saturated heterocycles. The number of aromatic nitrogens is 3. The van der Waals surface area contributed by atoms with Crippen LogP contribution in [0, 0.1) is 5.82 Å². The fourth-order valence-electron chi connectivity index (χ4n) is 4.74. The molecule has 1 N–H and O–H groups in total. The Morgan fingerprint density at radius 1 is 1.05 bits per heavy atom. The van der Waals surface area contributed by atoms with Gasteiger partial charge in [0.15, 0.2) is 0 Å². The van der Waals surface area contributed by atoms with Crippen molar-refractivity contribution in [3.05, 3.63) is 95.6 Å². The molecule has 0 unspecified atom stereocenters. The van der Waals surface area contributed by atoms with Gasteiger partial charge >= 0.3 is 5.69 Å². The second-order valence-corrected chi connectivity index (χ2v) is 10.9. The molecule has 8 nitrogen and oxygen atoms in total. The quantitative estimate of drug-likeness (QED) is 0.335. The van der Waals surface area contributed by atoms with Crippen LogP contribution in [-0.4, -0.2) is 39.2 Å². The molecule has 0 atom stereocenters. The highest BCUT2D eigenvalue weighted by Gasteiger charge is 2.31. The number of nitrogens with zero attached hydrogens (tertiary/aromatic N) is 4. The number of nitrogens with one attached hydrogen (secondary N) is 1. The molecule has 10 heteroatoms. The first-order valence-electron chi connectivity index (χ1n) is 12.5. The molecule has 4 aromatic rings. The number of aryl methyl sites for hydroxylation is 2. The fraction of sp³-hybridized carbons (Fsp3) is 0.321. The van der Waals surface area contributed by atoms with E-state index in [0.29, 0.717) is 10.2 Å². The van der Waals surface area contributed by atoms with E-state index in [4.69, 9.17) is 0 Å². The van der Waals surface area contributed by atoms with Crippen molar-refractivity contribution >= 4 is 38.3 Å². The summed E-state index contributed by atoms with van der Waals surface area (Å²) in [5.41, 5.74) is 0.619. The van der Waals surface area contributed by atoms with E-state index in [1.807, 2.05) is 32.3 Å². The van der Waals surface area contributed by atoms with Gasteiger partial charge in [-0.3, -0.25) is 18.7 Å². The highest BCUT2D eigenvalue weighted by Crippen LogP contribution is 2.34. The van der Waals surface area contributed by atoms with Gasteiger partial charge in [0, 0.05) is 23.6 Å². The molecule has 5 rings (SSSR count). The topological polar surface area (TPSA) is 81.3 Å². The lowest BCUT2D eigenvalue weighted by atomic mass is 10.1. The van der Waals surface area contributed by atoms with Gasteiger partial charge < -0.3 is 10.2 Å². The molecule has 0 spiro atoms. The van der Waals surface area contributed by atoms with Crippen molar-refractivity contribution in [1.29, 1.82) is 0 Å². The molecule has 0 bridgehead atoms. The van der Waals surface area contributed by atoms with E-state index in [1.54, 1.807) is 12.1 Å². The van der Waals surface area contributed by atoms with Gasteiger partial charge in [0.1, 0.15) is 16.9 Å². The summed E-state index contributed by atoms with van der Waals surface area (Å²) in [6.45, 7) is 0.926. The van der Waals surface area contributed by atoms with Gasteiger partial charge in [-0.15, -0.1) is 0 Å². The summed E-state index contributed by atoms with van der Waals surface area (Å²) in [6, 6.07) is 13.2. The van der Waals surface area contributed by atoms with Crippen LogP contribution in [0.25, 0.3) is 16.7 Å². The second kappa shape index (κ2) is 10.3. The third kappa shape index (κ3) is 4.98. The van der Waals surface area contributed by atoms with Gasteiger partial charge in [0.05, 0.1) is 17.1 Å². The zero-order valence-corrected chi connectivity index (χ0v) is 23.1. The van der Waals surface area contributed by atoms with Gasteiger partial charge in [-0.05, 0) is 82.2 Å². The Labute approximate surface area is 227 Å². The number of fused-ring (bicyclic) bond motifs is 1. The van der Waals surface area contributed by atoms with Crippen LogP contribution in [0.2, 0.25) is 0 Å². The lowest BCUT2D eigenvalue weighted by Crippen LogP contribution is -2.41. The molecule has 1 fully saturated rings. The summed E-state index contributed by atoms with van der Waals surface area (Å²) in [6.07, 6.45) is 3.21. The maximum atomic E-state index is 14.7. The number of anilines is 2. The summed E-state index contributed by atoms with van der Waals surface area (Å²) >= 11 is 3.24. The minimum absolute atomic E-state index is 0.112. The first kappa shape index (κ1) is 26.1. The number of rotatable bonds is 8. The minimum Gasteiger partial charge on any atom is -0.352 e. The van der Waals surface area contributed by atoms with Gasteiger partial charge in [-0.25, -0.2) is 13.8 Å². The van der Waals surface area contributed by atoms with Crippen LogP contribution < -0.4 is 22.1 Å². The Hall–Kier alpha value is -3.50. The maximum Gasteiger partial charge on any atom is 0.337 e. The molecule has 1 aliphatic carbocycles. The van der Waals surface area contributed by atoms with Crippen molar-refractivity contribution in [3.8, 4) is 5.69 Å². The summed E-state index contributed by atoms with van der Waals surface area (Å²) in [4.78, 5) is 42.8. The Kier molecular flexibility index (Phi) is 7.11. The van der Waals surface area contributed by atoms with E-state index in [9.17, 15) is 18.8 Å². The standard InChI is InChI=1S/C28H29BrFN5O3/c1-32(2)13-5-7-17-6-4-8-20(14-17)34-26-25(27(37)35(28(34)38)19-10-11-19)23(16-24(36)33(26)3)31-22-12-9-18(29)15-21(22)30/h4,6,8-9,12,14-16,19,31H,5,7,10-11,13H2,1-3H3. The van der Waals surface area contributed by atoms with Crippen molar-refractivity contribution < 1.29 is 4.39 Å². The monoisotopic (exact) mass is 581 g/mol. The molecule has 2 aromatic carbocycles. The predicted molar refractivity (Wildman–Crippen MR) is 152 cm³/mol. The minimum atomic E-state index is -0.547. The Morgan fingerprint density at radius 2 is 1.82 bits per heavy atom. The third-order valence-corrected chi connectivity index (χ3v) is 7.30. The second-order valence-electron chi connectivity index (χ2n) is 10.0. The van der Waals surface area contributed by atoms with Gasteiger partial charge in [-0.2, -0.15) is 0 Å². The lowest BCUT2D eigenvalue weighted by molar-refractivity contribution is 0.400. The van der Waals surface area contributed by atoms with Gasteiger partial charge in [-0.1, -0.05) is 28.1 Å². The van der Waals surface area contributed by atoms with E-state index in [2.05, 4.69) is 26.1 Å². The summed E-state index contributed by atoms with van der Waals surface area (Å²) < 4.78 is 19.3. The zero-order valence-electron chi connectivity index (χ0n) is 21.5. The van der Waals surface area contributed by atoms with Crippen LogP contribution in [0.15, 0.2) is 67.4 Å². The highest BCUT2D eigenvalue weighted by molar-refractivity contribution is 9.10. The van der Waals surface area contributed by atoms with E-state index in [-0.39, 0.29) is 28.5 Å². The Bertz CT molecular complexity index is 1720.